The molecular weight excluding hydrogens is 406 g/mol. The second kappa shape index (κ2) is 8.59. The summed E-state index contributed by atoms with van der Waals surface area (Å²) < 4.78 is 0. The summed E-state index contributed by atoms with van der Waals surface area (Å²) in [6.45, 7) is 1.35. The molecule has 1 aliphatic rings. The minimum Gasteiger partial charge on any atom is -0.329 e. The number of amides is 4. The maximum Gasteiger partial charge on any atom is 0.324 e. The number of thiophene rings is 2. The van der Waals surface area contributed by atoms with E-state index in [9.17, 15) is 14.4 Å². The molecule has 0 radical (unpaired) electrons. The molecule has 0 bridgehead atoms. The standard InChI is InChI=1S/C21H19N3O3S2/c25-19-11-22-21(27)24(19)12-15-5-7-16(8-6-15)20(26)23(13-17-3-1-9-28-17)14-18-4-2-10-29-18/h1-10H,11-14H2,(H,22,27). The first-order chi connectivity index (χ1) is 14.1. The number of urea groups is 1. The number of carbonyl (C=O) groups is 3. The molecule has 1 saturated heterocycles. The van der Waals surface area contributed by atoms with Crippen LogP contribution in [-0.4, -0.2) is 34.2 Å². The number of nitrogens with one attached hydrogen (secondary N) is 1. The number of hydrogen-bond donors (Lipinski definition) is 1. The van der Waals surface area contributed by atoms with Gasteiger partial charge in [-0.1, -0.05) is 24.3 Å². The zero-order valence-corrected chi connectivity index (χ0v) is 17.2. The van der Waals surface area contributed by atoms with Crippen LogP contribution in [0, 0.1) is 0 Å². The average molecular weight is 426 g/mol. The van der Waals surface area contributed by atoms with E-state index in [0.717, 1.165) is 15.3 Å². The highest BCUT2D eigenvalue weighted by Crippen LogP contribution is 2.20. The summed E-state index contributed by atoms with van der Waals surface area (Å²) in [5, 5.41) is 6.52. The van der Waals surface area contributed by atoms with Gasteiger partial charge in [0.25, 0.3) is 5.91 Å². The summed E-state index contributed by atoms with van der Waals surface area (Å²) in [7, 11) is 0. The molecule has 0 spiro atoms. The molecule has 3 aromatic rings. The van der Waals surface area contributed by atoms with E-state index < -0.39 is 0 Å². The predicted octanol–water partition coefficient (Wildman–Crippen LogP) is 3.70. The summed E-state index contributed by atoms with van der Waals surface area (Å²) in [4.78, 5) is 41.9. The highest BCUT2D eigenvalue weighted by Gasteiger charge is 2.28. The van der Waals surface area contributed by atoms with Gasteiger partial charge in [0.1, 0.15) is 0 Å². The van der Waals surface area contributed by atoms with Crippen LogP contribution in [0.1, 0.15) is 25.7 Å². The minimum absolute atomic E-state index is 0.0375. The smallest absolute Gasteiger partial charge is 0.324 e. The summed E-state index contributed by atoms with van der Waals surface area (Å²) in [5.74, 6) is -0.290. The Bertz CT molecular complexity index is 946. The largest absolute Gasteiger partial charge is 0.329 e. The molecule has 3 heterocycles. The zero-order chi connectivity index (χ0) is 20.2. The Morgan fingerprint density at radius 2 is 1.59 bits per heavy atom. The van der Waals surface area contributed by atoms with Crippen LogP contribution in [-0.2, 0) is 24.4 Å². The van der Waals surface area contributed by atoms with Gasteiger partial charge in [0.2, 0.25) is 5.91 Å². The van der Waals surface area contributed by atoms with Crippen molar-refractivity contribution in [2.75, 3.05) is 6.54 Å². The Balaban J connectivity index is 1.49. The van der Waals surface area contributed by atoms with E-state index in [1.54, 1.807) is 46.9 Å². The van der Waals surface area contributed by atoms with Gasteiger partial charge in [0.05, 0.1) is 26.2 Å². The number of hydrogen-bond acceptors (Lipinski definition) is 5. The average Bonchev–Trinajstić information content (AvgIpc) is 3.48. The SMILES string of the molecule is O=C(c1ccc(CN2C(=O)CNC2=O)cc1)N(Cc1cccs1)Cc1cccs1. The third kappa shape index (κ3) is 4.55. The lowest BCUT2D eigenvalue weighted by Gasteiger charge is -2.22. The van der Waals surface area contributed by atoms with Crippen LogP contribution in [0.15, 0.2) is 59.3 Å². The molecule has 8 heteroatoms. The van der Waals surface area contributed by atoms with Crippen LogP contribution in [0.2, 0.25) is 0 Å². The van der Waals surface area contributed by atoms with Crippen LogP contribution >= 0.6 is 22.7 Å². The maximum absolute atomic E-state index is 13.2. The third-order valence-electron chi connectivity index (χ3n) is 4.62. The normalized spacial score (nSPS) is 13.6. The first-order valence-corrected chi connectivity index (χ1v) is 10.9. The Hall–Kier alpha value is -2.97. The van der Waals surface area contributed by atoms with Crippen molar-refractivity contribution >= 4 is 40.5 Å². The van der Waals surface area contributed by atoms with Crippen molar-refractivity contribution < 1.29 is 14.4 Å². The van der Waals surface area contributed by atoms with Crippen LogP contribution in [0.25, 0.3) is 0 Å². The van der Waals surface area contributed by atoms with E-state index in [2.05, 4.69) is 5.32 Å². The minimum atomic E-state index is -0.381. The van der Waals surface area contributed by atoms with Crippen molar-refractivity contribution in [1.82, 2.24) is 15.1 Å². The first-order valence-electron chi connectivity index (χ1n) is 9.11. The molecule has 4 amide bonds. The van der Waals surface area contributed by atoms with Crippen LogP contribution in [0.3, 0.4) is 0 Å². The first kappa shape index (κ1) is 19.4. The lowest BCUT2D eigenvalue weighted by molar-refractivity contribution is -0.125. The molecule has 1 aliphatic heterocycles. The van der Waals surface area contributed by atoms with E-state index in [-0.39, 0.29) is 30.9 Å². The molecule has 1 aromatic carbocycles. The second-order valence-electron chi connectivity index (χ2n) is 6.66. The highest BCUT2D eigenvalue weighted by atomic mass is 32.1. The fraction of sp³-hybridized carbons (Fsp3) is 0.190. The van der Waals surface area contributed by atoms with Crippen molar-refractivity contribution in [3.05, 3.63) is 80.2 Å². The quantitative estimate of drug-likeness (QED) is 0.587. The van der Waals surface area contributed by atoms with Gasteiger partial charge in [0.15, 0.2) is 0 Å². The van der Waals surface area contributed by atoms with Gasteiger partial charge in [-0.15, -0.1) is 22.7 Å². The third-order valence-corrected chi connectivity index (χ3v) is 6.34. The van der Waals surface area contributed by atoms with Crippen molar-refractivity contribution in [3.63, 3.8) is 0 Å². The number of imide groups is 1. The monoisotopic (exact) mass is 425 g/mol. The molecular formula is C21H19N3O3S2. The lowest BCUT2D eigenvalue weighted by Crippen LogP contribution is -2.30. The summed E-state index contributed by atoms with van der Waals surface area (Å²) in [6, 6.07) is 14.7. The molecule has 1 fully saturated rings. The van der Waals surface area contributed by atoms with E-state index >= 15 is 0 Å². The Morgan fingerprint density at radius 3 is 2.07 bits per heavy atom. The number of benzene rings is 1. The van der Waals surface area contributed by atoms with Crippen molar-refractivity contribution in [2.24, 2.45) is 0 Å². The van der Waals surface area contributed by atoms with Crippen LogP contribution in [0.5, 0.6) is 0 Å². The van der Waals surface area contributed by atoms with E-state index in [0.29, 0.717) is 18.7 Å². The second-order valence-corrected chi connectivity index (χ2v) is 8.72. The maximum atomic E-state index is 13.2. The predicted molar refractivity (Wildman–Crippen MR) is 113 cm³/mol. The van der Waals surface area contributed by atoms with Gasteiger partial charge in [-0.2, -0.15) is 0 Å². The lowest BCUT2D eigenvalue weighted by atomic mass is 10.1. The van der Waals surface area contributed by atoms with Crippen LogP contribution in [0.4, 0.5) is 4.79 Å². The molecule has 2 aromatic heterocycles. The summed E-state index contributed by atoms with van der Waals surface area (Å²) in [6.07, 6.45) is 0. The summed E-state index contributed by atoms with van der Waals surface area (Å²) >= 11 is 3.26. The highest BCUT2D eigenvalue weighted by molar-refractivity contribution is 7.10. The summed E-state index contributed by atoms with van der Waals surface area (Å²) in [5.41, 5.74) is 1.38. The van der Waals surface area contributed by atoms with Crippen molar-refractivity contribution in [3.8, 4) is 0 Å². The molecule has 0 unspecified atom stereocenters. The molecule has 0 atom stereocenters. The Kier molecular flexibility index (Phi) is 5.73. The molecule has 0 saturated carbocycles. The van der Waals surface area contributed by atoms with E-state index in [4.69, 9.17) is 0 Å². The number of rotatable bonds is 7. The molecule has 148 valence electrons. The zero-order valence-electron chi connectivity index (χ0n) is 15.5. The van der Waals surface area contributed by atoms with Crippen molar-refractivity contribution in [1.29, 1.82) is 0 Å². The molecule has 6 nitrogen and oxygen atoms in total. The molecule has 29 heavy (non-hydrogen) atoms. The topological polar surface area (TPSA) is 69.7 Å². The van der Waals surface area contributed by atoms with Gasteiger partial charge in [0, 0.05) is 15.3 Å². The molecule has 1 N–H and O–H groups in total. The van der Waals surface area contributed by atoms with Gasteiger partial charge in [-0.3, -0.25) is 14.5 Å². The van der Waals surface area contributed by atoms with Gasteiger partial charge in [-0.25, -0.2) is 4.79 Å². The van der Waals surface area contributed by atoms with E-state index in [1.165, 1.54) is 4.90 Å². The Morgan fingerprint density at radius 1 is 0.966 bits per heavy atom. The Labute approximate surface area is 176 Å². The van der Waals surface area contributed by atoms with Crippen molar-refractivity contribution in [2.45, 2.75) is 19.6 Å². The molecule has 4 rings (SSSR count). The van der Waals surface area contributed by atoms with E-state index in [1.807, 2.05) is 39.9 Å². The number of carbonyl (C=O) groups excluding carboxylic acids is 3. The van der Waals surface area contributed by atoms with Gasteiger partial charge in [-0.05, 0) is 40.6 Å². The van der Waals surface area contributed by atoms with Gasteiger partial charge < -0.3 is 10.2 Å². The fourth-order valence-corrected chi connectivity index (χ4v) is 4.55. The fourth-order valence-electron chi connectivity index (χ4n) is 3.11. The van der Waals surface area contributed by atoms with Crippen LogP contribution < -0.4 is 5.32 Å². The number of nitrogens with zero attached hydrogens (tertiary/aromatic N) is 2. The van der Waals surface area contributed by atoms with Gasteiger partial charge >= 0.3 is 6.03 Å². The molecule has 0 aliphatic carbocycles.